The quantitative estimate of drug-likeness (QED) is 0.450. The molecule has 0 radical (unpaired) electrons. The molecule has 4 heterocycles. The average Bonchev–Trinajstić information content (AvgIpc) is 3.30. The first-order valence-electron chi connectivity index (χ1n) is 9.43. The summed E-state index contributed by atoms with van der Waals surface area (Å²) < 4.78 is 3.86. The Morgan fingerprint density at radius 3 is 2.53 bits per heavy atom. The summed E-state index contributed by atoms with van der Waals surface area (Å²) in [6, 6.07) is 7.34. The van der Waals surface area contributed by atoms with Gasteiger partial charge in [0.2, 0.25) is 5.43 Å². The van der Waals surface area contributed by atoms with Gasteiger partial charge in [-0.1, -0.05) is 11.3 Å². The normalized spacial score (nSPS) is 11.6. The molecule has 1 amide bonds. The van der Waals surface area contributed by atoms with Gasteiger partial charge in [-0.15, -0.1) is 11.3 Å². The van der Waals surface area contributed by atoms with Crippen molar-refractivity contribution < 1.29 is 4.79 Å². The van der Waals surface area contributed by atoms with E-state index in [-0.39, 0.29) is 11.0 Å². The number of rotatable bonds is 3. The predicted molar refractivity (Wildman–Crippen MR) is 122 cm³/mol. The van der Waals surface area contributed by atoms with Gasteiger partial charge >= 0.3 is 0 Å². The van der Waals surface area contributed by atoms with E-state index in [1.807, 2.05) is 37.5 Å². The lowest BCUT2D eigenvalue weighted by molar-refractivity contribution is 0.102. The highest BCUT2D eigenvalue weighted by Gasteiger charge is 2.18. The highest BCUT2D eigenvalue weighted by atomic mass is 32.1. The number of aryl methyl sites for hydroxylation is 3. The number of nitrogens with zero attached hydrogens (tertiary/aromatic N) is 4. The Labute approximate surface area is 179 Å². The van der Waals surface area contributed by atoms with Crippen LogP contribution in [0.5, 0.6) is 0 Å². The van der Waals surface area contributed by atoms with Gasteiger partial charge in [-0.25, -0.2) is 15.0 Å². The number of benzene rings is 1. The Morgan fingerprint density at radius 2 is 1.77 bits per heavy atom. The van der Waals surface area contributed by atoms with Gasteiger partial charge in [0, 0.05) is 18.4 Å². The van der Waals surface area contributed by atoms with Crippen LogP contribution in [0.4, 0.5) is 5.13 Å². The summed E-state index contributed by atoms with van der Waals surface area (Å²) in [6.45, 7) is 6.39. The van der Waals surface area contributed by atoms with E-state index in [0.717, 1.165) is 31.1 Å². The molecule has 1 aromatic carbocycles. The van der Waals surface area contributed by atoms with Crippen molar-refractivity contribution in [3.05, 3.63) is 57.0 Å². The molecule has 0 fully saturated rings. The van der Waals surface area contributed by atoms with Crippen molar-refractivity contribution in [2.24, 2.45) is 0 Å². The number of nitrogens with one attached hydrogen (secondary N) is 1. The van der Waals surface area contributed by atoms with E-state index in [0.29, 0.717) is 22.7 Å². The summed E-state index contributed by atoms with van der Waals surface area (Å²) >= 11 is 3.00. The Balaban J connectivity index is 1.57. The molecule has 0 atom stereocenters. The highest BCUT2D eigenvalue weighted by Crippen LogP contribution is 2.35. The average molecular weight is 436 g/mol. The monoisotopic (exact) mass is 435 g/mol. The molecule has 0 saturated heterocycles. The predicted octanol–water partition coefficient (Wildman–Crippen LogP) is 4.50. The van der Waals surface area contributed by atoms with Gasteiger partial charge in [-0.2, -0.15) is 0 Å². The van der Waals surface area contributed by atoms with Crippen LogP contribution >= 0.6 is 22.7 Å². The molecule has 9 heteroatoms. The summed E-state index contributed by atoms with van der Waals surface area (Å²) in [4.78, 5) is 39.4. The minimum atomic E-state index is -0.472. The number of anilines is 1. The number of aromatic nitrogens is 4. The number of thiazole rings is 2. The third-order valence-corrected chi connectivity index (χ3v) is 7.02. The van der Waals surface area contributed by atoms with E-state index in [1.54, 1.807) is 29.7 Å². The van der Waals surface area contributed by atoms with Crippen LogP contribution < -0.4 is 10.7 Å². The minimum Gasteiger partial charge on any atom is -0.332 e. The maximum Gasteiger partial charge on any atom is 0.262 e. The molecular formula is C21H17N5O2S2. The van der Waals surface area contributed by atoms with E-state index in [1.165, 1.54) is 11.3 Å². The van der Waals surface area contributed by atoms with Crippen LogP contribution in [0.25, 0.3) is 31.5 Å². The fourth-order valence-corrected chi connectivity index (χ4v) is 5.47. The van der Waals surface area contributed by atoms with Gasteiger partial charge in [0.25, 0.3) is 5.91 Å². The van der Waals surface area contributed by atoms with E-state index in [4.69, 9.17) is 0 Å². The van der Waals surface area contributed by atoms with E-state index >= 15 is 0 Å². The number of hydrogen-bond acceptors (Lipinski definition) is 7. The van der Waals surface area contributed by atoms with E-state index in [9.17, 15) is 9.59 Å². The van der Waals surface area contributed by atoms with Gasteiger partial charge in [0.1, 0.15) is 11.2 Å². The topological polar surface area (TPSA) is 89.8 Å². The summed E-state index contributed by atoms with van der Waals surface area (Å²) in [7, 11) is 0. The molecule has 5 aromatic rings. The number of pyridine rings is 2. The fourth-order valence-electron chi connectivity index (χ4n) is 3.46. The van der Waals surface area contributed by atoms with Crippen molar-refractivity contribution in [3.8, 4) is 0 Å². The molecular weight excluding hydrogens is 418 g/mol. The first-order valence-corrected chi connectivity index (χ1v) is 11.1. The molecule has 4 aromatic heterocycles. The van der Waals surface area contributed by atoms with Crippen LogP contribution in [-0.2, 0) is 6.54 Å². The number of carbonyl (C=O) groups is 1. The Morgan fingerprint density at radius 1 is 1.03 bits per heavy atom. The first kappa shape index (κ1) is 18.8. The van der Waals surface area contributed by atoms with Crippen molar-refractivity contribution in [2.45, 2.75) is 27.3 Å². The number of carbonyl (C=O) groups excluding carboxylic acids is 1. The SMILES string of the molecule is CCn1cc(C(=O)Nc2nc3ccc4nc(C)sc4c3s2)c(=O)c2ccc(C)nc21. The van der Waals surface area contributed by atoms with Crippen LogP contribution in [0, 0.1) is 13.8 Å². The second-order valence-corrected chi connectivity index (χ2v) is 9.15. The molecule has 0 unspecified atom stereocenters. The Bertz CT molecular complexity index is 1530. The zero-order valence-electron chi connectivity index (χ0n) is 16.5. The summed E-state index contributed by atoms with van der Waals surface area (Å²) in [5, 5.41) is 4.68. The minimum absolute atomic E-state index is 0.0769. The van der Waals surface area contributed by atoms with Crippen LogP contribution in [0.1, 0.15) is 28.0 Å². The van der Waals surface area contributed by atoms with Gasteiger partial charge in [0.05, 0.1) is 30.8 Å². The van der Waals surface area contributed by atoms with Gasteiger partial charge in [-0.3, -0.25) is 14.9 Å². The fraction of sp³-hybridized carbons (Fsp3) is 0.190. The molecule has 0 bridgehead atoms. The van der Waals surface area contributed by atoms with E-state index < -0.39 is 5.91 Å². The Kier molecular flexibility index (Phi) is 4.37. The first-order chi connectivity index (χ1) is 14.4. The van der Waals surface area contributed by atoms with Crippen molar-refractivity contribution in [1.82, 2.24) is 19.5 Å². The highest BCUT2D eigenvalue weighted by molar-refractivity contribution is 7.28. The number of hydrogen-bond donors (Lipinski definition) is 1. The van der Waals surface area contributed by atoms with Crippen molar-refractivity contribution in [3.63, 3.8) is 0 Å². The lowest BCUT2D eigenvalue weighted by Gasteiger charge is -2.11. The molecule has 0 spiro atoms. The molecule has 0 aliphatic rings. The standard InChI is InChI=1S/C21H17N5O2S2/c1-4-26-9-13(16(27)12-6-5-10(2)22-19(12)26)20(28)25-21-24-15-8-7-14-17(18(15)30-21)29-11(3)23-14/h5-9H,4H2,1-3H3,(H,24,25,28). The third-order valence-electron chi connectivity index (χ3n) is 4.89. The molecule has 0 saturated carbocycles. The van der Waals surface area contributed by atoms with Crippen molar-refractivity contribution in [2.75, 3.05) is 5.32 Å². The summed E-state index contributed by atoms with van der Waals surface area (Å²) in [5.74, 6) is -0.472. The molecule has 0 aliphatic heterocycles. The van der Waals surface area contributed by atoms with E-state index in [2.05, 4.69) is 20.3 Å². The molecule has 1 N–H and O–H groups in total. The smallest absolute Gasteiger partial charge is 0.262 e. The maximum atomic E-state index is 13.0. The Hall–Kier alpha value is -3.17. The van der Waals surface area contributed by atoms with Crippen LogP contribution in [0.3, 0.4) is 0 Å². The zero-order chi connectivity index (χ0) is 21.0. The lowest BCUT2D eigenvalue weighted by Crippen LogP contribution is -2.24. The second kappa shape index (κ2) is 6.96. The van der Waals surface area contributed by atoms with Gasteiger partial charge in [0.15, 0.2) is 5.13 Å². The van der Waals surface area contributed by atoms with Gasteiger partial charge < -0.3 is 4.57 Å². The molecule has 30 heavy (non-hydrogen) atoms. The maximum absolute atomic E-state index is 13.0. The number of amides is 1. The van der Waals surface area contributed by atoms with Gasteiger partial charge in [-0.05, 0) is 45.0 Å². The largest absolute Gasteiger partial charge is 0.332 e. The molecule has 5 rings (SSSR count). The second-order valence-electron chi connectivity index (χ2n) is 6.95. The zero-order valence-corrected chi connectivity index (χ0v) is 18.1. The van der Waals surface area contributed by atoms with Crippen molar-refractivity contribution >= 4 is 65.2 Å². The van der Waals surface area contributed by atoms with Crippen LogP contribution in [-0.4, -0.2) is 25.4 Å². The molecule has 0 aliphatic carbocycles. The third kappa shape index (κ3) is 2.98. The molecule has 150 valence electrons. The summed E-state index contributed by atoms with van der Waals surface area (Å²) in [6.07, 6.45) is 1.57. The van der Waals surface area contributed by atoms with Crippen LogP contribution in [0.15, 0.2) is 35.3 Å². The lowest BCUT2D eigenvalue weighted by atomic mass is 10.1. The molecule has 7 nitrogen and oxygen atoms in total. The van der Waals surface area contributed by atoms with Crippen LogP contribution in [0.2, 0.25) is 0 Å². The summed E-state index contributed by atoms with van der Waals surface area (Å²) in [5.41, 5.74) is 2.88. The number of fused-ring (bicyclic) bond motifs is 4. The van der Waals surface area contributed by atoms with Crippen molar-refractivity contribution in [1.29, 1.82) is 0 Å².